The Morgan fingerprint density at radius 2 is 2.23 bits per heavy atom. The largest absolute Gasteiger partial charge is 0.385 e. The van der Waals surface area contributed by atoms with E-state index < -0.39 is 0 Å². The first kappa shape index (κ1) is 12.4. The smallest absolute Gasteiger partial charge is 0.0940 e. The summed E-state index contributed by atoms with van der Waals surface area (Å²) in [6.07, 6.45) is 1.76. The molecule has 13 heavy (non-hydrogen) atoms. The molecule has 0 aliphatic carbocycles. The van der Waals surface area contributed by atoms with E-state index in [0.717, 1.165) is 32.5 Å². The van der Waals surface area contributed by atoms with Gasteiger partial charge in [0.2, 0.25) is 0 Å². The van der Waals surface area contributed by atoms with Crippen LogP contribution in [-0.2, 0) is 4.74 Å². The van der Waals surface area contributed by atoms with Crippen LogP contribution in [0.3, 0.4) is 0 Å². The van der Waals surface area contributed by atoms with Gasteiger partial charge in [-0.05, 0) is 19.9 Å². The Kier molecular flexibility index (Phi) is 7.60. The van der Waals surface area contributed by atoms with Crippen molar-refractivity contribution in [2.75, 3.05) is 33.9 Å². The van der Waals surface area contributed by atoms with Gasteiger partial charge in [-0.2, -0.15) is 5.26 Å². The van der Waals surface area contributed by atoms with E-state index in [4.69, 9.17) is 15.7 Å². The number of ether oxygens (including phenoxy) is 1. The van der Waals surface area contributed by atoms with Gasteiger partial charge in [0, 0.05) is 26.8 Å². The van der Waals surface area contributed by atoms with Gasteiger partial charge in [0.05, 0.1) is 12.1 Å². The molecule has 0 amide bonds. The summed E-state index contributed by atoms with van der Waals surface area (Å²) < 4.78 is 4.94. The highest BCUT2D eigenvalue weighted by Gasteiger charge is 2.02. The Morgan fingerprint density at radius 1 is 1.54 bits per heavy atom. The van der Waals surface area contributed by atoms with Crippen LogP contribution >= 0.6 is 0 Å². The normalized spacial score (nSPS) is 12.8. The summed E-state index contributed by atoms with van der Waals surface area (Å²) in [6, 6.07) is 1.69. The molecule has 0 saturated heterocycles. The lowest BCUT2D eigenvalue weighted by molar-refractivity contribution is 0.179. The van der Waals surface area contributed by atoms with Gasteiger partial charge in [-0.25, -0.2) is 0 Å². The Bertz CT molecular complexity index is 155. The van der Waals surface area contributed by atoms with Crippen molar-refractivity contribution in [2.24, 2.45) is 5.73 Å². The van der Waals surface area contributed by atoms with Gasteiger partial charge in [0.15, 0.2) is 0 Å². The van der Waals surface area contributed by atoms with E-state index in [0.29, 0.717) is 0 Å². The van der Waals surface area contributed by atoms with E-state index in [1.807, 2.05) is 13.1 Å². The Hall–Kier alpha value is -0.630. The molecule has 0 aromatic heterocycles. The van der Waals surface area contributed by atoms with Crippen molar-refractivity contribution in [1.29, 1.82) is 5.26 Å². The summed E-state index contributed by atoms with van der Waals surface area (Å²) in [5.41, 5.74) is 5.46. The summed E-state index contributed by atoms with van der Waals surface area (Å²) in [5.74, 6) is 0. The zero-order valence-electron chi connectivity index (χ0n) is 8.49. The average Bonchev–Trinajstić information content (AvgIpc) is 2.14. The lowest BCUT2D eigenvalue weighted by atomic mass is 10.2. The fourth-order valence-corrected chi connectivity index (χ4v) is 1.01. The molecular weight excluding hydrogens is 166 g/mol. The summed E-state index contributed by atoms with van der Waals surface area (Å²) in [5, 5.41) is 8.45. The number of hydrogen-bond acceptors (Lipinski definition) is 4. The maximum atomic E-state index is 8.45. The quantitative estimate of drug-likeness (QED) is 0.575. The summed E-state index contributed by atoms with van der Waals surface area (Å²) >= 11 is 0. The van der Waals surface area contributed by atoms with Crippen molar-refractivity contribution >= 4 is 0 Å². The van der Waals surface area contributed by atoms with Gasteiger partial charge in [0.1, 0.15) is 0 Å². The highest BCUT2D eigenvalue weighted by atomic mass is 16.5. The zero-order valence-corrected chi connectivity index (χ0v) is 8.49. The molecule has 0 aliphatic heterocycles. The maximum absolute atomic E-state index is 8.45. The summed E-state index contributed by atoms with van der Waals surface area (Å²) in [4.78, 5) is 2.16. The van der Waals surface area contributed by atoms with Gasteiger partial charge >= 0.3 is 0 Å². The molecule has 1 unspecified atom stereocenters. The first-order chi connectivity index (χ1) is 6.20. The molecule has 76 valence electrons. The molecule has 0 bridgehead atoms. The molecule has 0 saturated carbocycles. The second-order valence-corrected chi connectivity index (χ2v) is 3.17. The number of nitriles is 1. The number of hydrogen-bond donors (Lipinski definition) is 1. The summed E-state index contributed by atoms with van der Waals surface area (Å²) in [7, 11) is 3.73. The number of nitrogens with zero attached hydrogens (tertiary/aromatic N) is 2. The van der Waals surface area contributed by atoms with Crippen LogP contribution < -0.4 is 5.73 Å². The fourth-order valence-electron chi connectivity index (χ4n) is 1.01. The fraction of sp³-hybridized carbons (Fsp3) is 0.889. The molecule has 0 heterocycles. The first-order valence-electron chi connectivity index (χ1n) is 4.53. The predicted molar refractivity (Wildman–Crippen MR) is 52.2 cm³/mol. The van der Waals surface area contributed by atoms with Gasteiger partial charge < -0.3 is 15.4 Å². The lowest BCUT2D eigenvalue weighted by Crippen LogP contribution is -2.28. The molecule has 1 atom stereocenters. The topological polar surface area (TPSA) is 62.3 Å². The Balaban J connectivity index is 3.30. The highest BCUT2D eigenvalue weighted by Crippen LogP contribution is 1.93. The molecule has 0 rings (SSSR count). The Labute approximate surface area is 80.3 Å². The van der Waals surface area contributed by atoms with Crippen molar-refractivity contribution in [3.63, 3.8) is 0 Å². The third-order valence-electron chi connectivity index (χ3n) is 1.88. The van der Waals surface area contributed by atoms with E-state index in [2.05, 4.69) is 4.90 Å². The third-order valence-corrected chi connectivity index (χ3v) is 1.88. The van der Waals surface area contributed by atoms with Crippen molar-refractivity contribution < 1.29 is 4.74 Å². The first-order valence-corrected chi connectivity index (χ1v) is 4.53. The molecule has 4 nitrogen and oxygen atoms in total. The number of nitrogens with two attached hydrogens (primary N) is 1. The SMILES string of the molecule is COCCCN(C)CCC(N)C#N. The monoisotopic (exact) mass is 185 g/mol. The minimum Gasteiger partial charge on any atom is -0.385 e. The molecular formula is C9H19N3O. The maximum Gasteiger partial charge on any atom is 0.0940 e. The lowest BCUT2D eigenvalue weighted by Gasteiger charge is -2.16. The summed E-state index contributed by atoms with van der Waals surface area (Å²) in [6.45, 7) is 2.65. The number of methoxy groups -OCH3 is 1. The average molecular weight is 185 g/mol. The van der Waals surface area contributed by atoms with Crippen LogP contribution in [-0.4, -0.2) is 44.8 Å². The number of rotatable bonds is 7. The standard InChI is InChI=1S/C9H19N3O/c1-12(5-3-7-13-2)6-4-9(11)8-10/h9H,3-7,11H2,1-2H3. The molecule has 0 spiro atoms. The van der Waals surface area contributed by atoms with Gasteiger partial charge in [0.25, 0.3) is 0 Å². The van der Waals surface area contributed by atoms with Crippen molar-refractivity contribution in [3.8, 4) is 6.07 Å². The molecule has 0 aliphatic rings. The Morgan fingerprint density at radius 3 is 2.77 bits per heavy atom. The molecule has 0 fully saturated rings. The zero-order chi connectivity index (χ0) is 10.1. The van der Waals surface area contributed by atoms with Crippen LogP contribution in [0.15, 0.2) is 0 Å². The van der Waals surface area contributed by atoms with Gasteiger partial charge in [-0.1, -0.05) is 0 Å². The molecule has 0 radical (unpaired) electrons. The van der Waals surface area contributed by atoms with Crippen molar-refractivity contribution in [2.45, 2.75) is 18.9 Å². The molecule has 4 heteroatoms. The van der Waals surface area contributed by atoms with Crippen LogP contribution in [0.5, 0.6) is 0 Å². The third kappa shape index (κ3) is 7.72. The minimum absolute atomic E-state index is 0.329. The molecule has 0 aromatic carbocycles. The molecule has 2 N–H and O–H groups in total. The highest BCUT2D eigenvalue weighted by molar-refractivity contribution is 4.86. The van der Waals surface area contributed by atoms with Gasteiger partial charge in [-0.3, -0.25) is 0 Å². The van der Waals surface area contributed by atoms with E-state index in [9.17, 15) is 0 Å². The van der Waals surface area contributed by atoms with Crippen LogP contribution in [0.25, 0.3) is 0 Å². The minimum atomic E-state index is -0.329. The van der Waals surface area contributed by atoms with Crippen LogP contribution in [0.4, 0.5) is 0 Å². The van der Waals surface area contributed by atoms with E-state index in [1.54, 1.807) is 7.11 Å². The van der Waals surface area contributed by atoms with E-state index in [-0.39, 0.29) is 6.04 Å². The van der Waals surface area contributed by atoms with Crippen molar-refractivity contribution in [1.82, 2.24) is 4.90 Å². The second kappa shape index (κ2) is 7.99. The van der Waals surface area contributed by atoms with E-state index >= 15 is 0 Å². The van der Waals surface area contributed by atoms with E-state index in [1.165, 1.54) is 0 Å². The predicted octanol–water partition coefficient (Wildman–Crippen LogP) is 0.196. The molecule has 0 aromatic rings. The van der Waals surface area contributed by atoms with Crippen LogP contribution in [0, 0.1) is 11.3 Å². The van der Waals surface area contributed by atoms with Gasteiger partial charge in [-0.15, -0.1) is 0 Å². The van der Waals surface area contributed by atoms with Crippen LogP contribution in [0.2, 0.25) is 0 Å². The van der Waals surface area contributed by atoms with Crippen LogP contribution in [0.1, 0.15) is 12.8 Å². The van der Waals surface area contributed by atoms with Crippen molar-refractivity contribution in [3.05, 3.63) is 0 Å². The second-order valence-electron chi connectivity index (χ2n) is 3.17.